The number of halogens is 1. The van der Waals surface area contributed by atoms with Gasteiger partial charge in [-0.05, 0) is 30.0 Å². The van der Waals surface area contributed by atoms with Crippen molar-refractivity contribution in [2.24, 2.45) is 11.1 Å². The molecule has 2 heterocycles. The highest BCUT2D eigenvalue weighted by Crippen LogP contribution is 2.28. The van der Waals surface area contributed by atoms with Crippen LogP contribution in [0.3, 0.4) is 0 Å². The van der Waals surface area contributed by atoms with Crippen LogP contribution in [-0.2, 0) is 6.54 Å². The molecule has 1 unspecified atom stereocenters. The minimum absolute atomic E-state index is 0.0723. The third-order valence-corrected chi connectivity index (χ3v) is 4.72. The van der Waals surface area contributed by atoms with Gasteiger partial charge in [0.15, 0.2) is 0 Å². The van der Waals surface area contributed by atoms with Gasteiger partial charge in [0.05, 0.1) is 17.4 Å². The first-order valence-electron chi connectivity index (χ1n) is 7.51. The quantitative estimate of drug-likeness (QED) is 0.889. The van der Waals surface area contributed by atoms with Gasteiger partial charge in [-0.15, -0.1) is 0 Å². The third-order valence-electron chi connectivity index (χ3n) is 4.48. The predicted molar refractivity (Wildman–Crippen MR) is 89.0 cm³/mol. The maximum Gasteiger partial charge on any atom is 0.258 e. The zero-order valence-electron chi connectivity index (χ0n) is 12.9. The van der Waals surface area contributed by atoms with Crippen LogP contribution < -0.4 is 11.3 Å². The summed E-state index contributed by atoms with van der Waals surface area (Å²) in [6.45, 7) is 6.82. The molecule has 0 aliphatic carbocycles. The van der Waals surface area contributed by atoms with Crippen LogP contribution in [-0.4, -0.2) is 34.0 Å². The third kappa shape index (κ3) is 3.02. The average molecular weight is 321 g/mol. The van der Waals surface area contributed by atoms with E-state index >= 15 is 0 Å². The smallest absolute Gasteiger partial charge is 0.258 e. The second kappa shape index (κ2) is 5.65. The van der Waals surface area contributed by atoms with Gasteiger partial charge in [-0.1, -0.05) is 25.4 Å². The number of H-pyrrole nitrogens is 1. The van der Waals surface area contributed by atoms with E-state index in [-0.39, 0.29) is 17.0 Å². The second-order valence-corrected chi connectivity index (χ2v) is 7.20. The van der Waals surface area contributed by atoms with Crippen LogP contribution in [0, 0.1) is 5.41 Å². The molecule has 1 aromatic carbocycles. The topological polar surface area (TPSA) is 75.0 Å². The number of benzene rings is 1. The van der Waals surface area contributed by atoms with Gasteiger partial charge in [-0.3, -0.25) is 9.69 Å². The molecule has 0 saturated carbocycles. The monoisotopic (exact) mass is 320 g/mol. The summed E-state index contributed by atoms with van der Waals surface area (Å²) < 4.78 is 0. The Kier molecular flexibility index (Phi) is 3.97. The summed E-state index contributed by atoms with van der Waals surface area (Å²) >= 11 is 5.93. The predicted octanol–water partition coefficient (Wildman–Crippen LogP) is 2.14. The summed E-state index contributed by atoms with van der Waals surface area (Å²) in [6.07, 6.45) is 0.959. The first kappa shape index (κ1) is 15.5. The molecule has 2 aromatic rings. The van der Waals surface area contributed by atoms with Crippen LogP contribution in [0.4, 0.5) is 0 Å². The Morgan fingerprint density at radius 3 is 3.00 bits per heavy atom. The van der Waals surface area contributed by atoms with Gasteiger partial charge in [0.1, 0.15) is 5.82 Å². The lowest BCUT2D eigenvalue weighted by atomic mass is 9.80. The van der Waals surface area contributed by atoms with Crippen LogP contribution >= 0.6 is 11.6 Å². The Morgan fingerprint density at radius 1 is 1.50 bits per heavy atom. The molecule has 0 bridgehead atoms. The zero-order chi connectivity index (χ0) is 15.9. The Hall–Kier alpha value is -1.43. The maximum absolute atomic E-state index is 12.2. The Bertz CT molecular complexity index is 755. The largest absolute Gasteiger partial charge is 0.327 e. The summed E-state index contributed by atoms with van der Waals surface area (Å²) in [5.74, 6) is 0.686. The van der Waals surface area contributed by atoms with Crippen LogP contribution in [0.5, 0.6) is 0 Å². The van der Waals surface area contributed by atoms with E-state index in [1.807, 2.05) is 0 Å². The van der Waals surface area contributed by atoms with Crippen LogP contribution in [0.25, 0.3) is 10.9 Å². The van der Waals surface area contributed by atoms with Gasteiger partial charge < -0.3 is 10.7 Å². The number of aromatic amines is 1. The standard InChI is InChI=1S/C16H21ClN4O/c1-16(2)9-21(6-5-13(16)18)8-14-19-12-4-3-10(17)7-11(12)15(22)20-14/h3-4,7,13H,5-6,8-9,18H2,1-2H3,(H,19,20,22). The fraction of sp³-hybridized carbons (Fsp3) is 0.500. The van der Waals surface area contributed by atoms with E-state index in [1.165, 1.54) is 0 Å². The molecule has 3 rings (SSSR count). The molecule has 1 aliphatic heterocycles. The minimum Gasteiger partial charge on any atom is -0.327 e. The van der Waals surface area contributed by atoms with Gasteiger partial charge in [-0.25, -0.2) is 4.98 Å². The molecule has 22 heavy (non-hydrogen) atoms. The molecule has 6 heteroatoms. The number of nitrogens with two attached hydrogens (primary N) is 1. The molecular weight excluding hydrogens is 300 g/mol. The summed E-state index contributed by atoms with van der Waals surface area (Å²) in [5.41, 5.74) is 6.77. The molecule has 5 nitrogen and oxygen atoms in total. The first-order chi connectivity index (χ1) is 10.3. The normalized spacial score (nSPS) is 22.1. The molecule has 0 radical (unpaired) electrons. The van der Waals surface area contributed by atoms with Crippen LogP contribution in [0.1, 0.15) is 26.1 Å². The molecule has 1 fully saturated rings. The summed E-state index contributed by atoms with van der Waals surface area (Å²) in [6, 6.07) is 5.40. The van der Waals surface area contributed by atoms with Crippen molar-refractivity contribution < 1.29 is 0 Å². The molecule has 3 N–H and O–H groups in total. The highest BCUT2D eigenvalue weighted by Gasteiger charge is 2.33. The van der Waals surface area contributed by atoms with E-state index in [1.54, 1.807) is 18.2 Å². The van der Waals surface area contributed by atoms with Crippen molar-refractivity contribution in [2.45, 2.75) is 32.9 Å². The lowest BCUT2D eigenvalue weighted by molar-refractivity contribution is 0.0879. The minimum atomic E-state index is -0.143. The number of rotatable bonds is 2. The second-order valence-electron chi connectivity index (χ2n) is 6.77. The lowest BCUT2D eigenvalue weighted by Crippen LogP contribution is -2.52. The Morgan fingerprint density at radius 2 is 2.27 bits per heavy atom. The molecule has 1 aliphatic rings. The van der Waals surface area contributed by atoms with E-state index < -0.39 is 0 Å². The van der Waals surface area contributed by atoms with Crippen LogP contribution in [0.15, 0.2) is 23.0 Å². The molecule has 1 atom stereocenters. The van der Waals surface area contributed by atoms with Crippen molar-refractivity contribution >= 4 is 22.5 Å². The maximum atomic E-state index is 12.2. The van der Waals surface area contributed by atoms with Gasteiger partial charge in [0, 0.05) is 24.2 Å². The van der Waals surface area contributed by atoms with E-state index in [9.17, 15) is 4.79 Å². The van der Waals surface area contributed by atoms with Gasteiger partial charge in [0.2, 0.25) is 0 Å². The average Bonchev–Trinajstić information content (AvgIpc) is 2.44. The fourth-order valence-electron chi connectivity index (χ4n) is 3.07. The highest BCUT2D eigenvalue weighted by atomic mass is 35.5. The van der Waals surface area contributed by atoms with E-state index in [0.717, 1.165) is 19.5 Å². The number of hydrogen-bond acceptors (Lipinski definition) is 4. The lowest BCUT2D eigenvalue weighted by Gasteiger charge is -2.42. The number of nitrogens with one attached hydrogen (secondary N) is 1. The number of likely N-dealkylation sites (tertiary alicyclic amines) is 1. The number of hydrogen-bond donors (Lipinski definition) is 2. The highest BCUT2D eigenvalue weighted by molar-refractivity contribution is 6.31. The SMILES string of the molecule is CC1(C)CN(Cc2nc3ccc(Cl)cc3c(=O)[nH]2)CCC1N. The molecule has 1 aromatic heterocycles. The zero-order valence-corrected chi connectivity index (χ0v) is 13.7. The van der Waals surface area contributed by atoms with Crippen molar-refractivity contribution in [2.75, 3.05) is 13.1 Å². The van der Waals surface area contributed by atoms with Crippen molar-refractivity contribution in [3.8, 4) is 0 Å². The summed E-state index contributed by atoms with van der Waals surface area (Å²) in [4.78, 5) is 21.9. The van der Waals surface area contributed by atoms with Gasteiger partial charge >= 0.3 is 0 Å². The number of fused-ring (bicyclic) bond motifs is 1. The number of piperidine rings is 1. The van der Waals surface area contributed by atoms with Crippen LogP contribution in [0.2, 0.25) is 5.02 Å². The molecule has 0 amide bonds. The molecule has 1 saturated heterocycles. The van der Waals surface area contributed by atoms with E-state index in [2.05, 4.69) is 28.7 Å². The first-order valence-corrected chi connectivity index (χ1v) is 7.89. The molecule has 118 valence electrons. The summed E-state index contributed by atoms with van der Waals surface area (Å²) in [5, 5.41) is 1.07. The van der Waals surface area contributed by atoms with E-state index in [4.69, 9.17) is 17.3 Å². The summed E-state index contributed by atoms with van der Waals surface area (Å²) in [7, 11) is 0. The van der Waals surface area contributed by atoms with Crippen molar-refractivity contribution in [3.63, 3.8) is 0 Å². The number of aromatic nitrogens is 2. The van der Waals surface area contributed by atoms with Crippen molar-refractivity contribution in [3.05, 3.63) is 39.4 Å². The Balaban J connectivity index is 1.86. The Labute approximate surface area is 134 Å². The van der Waals surface area contributed by atoms with E-state index in [0.29, 0.717) is 28.3 Å². The van der Waals surface area contributed by atoms with Gasteiger partial charge in [-0.2, -0.15) is 0 Å². The molecule has 0 spiro atoms. The number of nitrogens with zero attached hydrogens (tertiary/aromatic N) is 2. The van der Waals surface area contributed by atoms with Crippen molar-refractivity contribution in [1.29, 1.82) is 0 Å². The fourth-order valence-corrected chi connectivity index (χ4v) is 3.24. The van der Waals surface area contributed by atoms with Gasteiger partial charge in [0.25, 0.3) is 5.56 Å². The van der Waals surface area contributed by atoms with Crippen molar-refractivity contribution in [1.82, 2.24) is 14.9 Å². The molecular formula is C16H21ClN4O.